The number of aromatic nitrogens is 1. The lowest BCUT2D eigenvalue weighted by atomic mass is 9.82. The second kappa shape index (κ2) is 9.73. The lowest BCUT2D eigenvalue weighted by Gasteiger charge is -2.37. The molecule has 0 radical (unpaired) electrons. The third-order valence-corrected chi connectivity index (χ3v) is 7.81. The summed E-state index contributed by atoms with van der Waals surface area (Å²) in [5.41, 5.74) is 3.80. The van der Waals surface area contributed by atoms with Gasteiger partial charge in [-0.1, -0.05) is 12.1 Å². The van der Waals surface area contributed by atoms with Crippen LogP contribution in [0.25, 0.3) is 22.2 Å². The van der Waals surface area contributed by atoms with Gasteiger partial charge < -0.3 is 23.5 Å². The maximum atomic E-state index is 12.3. The van der Waals surface area contributed by atoms with E-state index in [0.717, 1.165) is 60.0 Å². The Morgan fingerprint density at radius 3 is 2.62 bits per heavy atom. The number of rotatable bonds is 7. The Morgan fingerprint density at radius 2 is 2.00 bits per heavy atom. The molecule has 6 rings (SSSR count). The van der Waals surface area contributed by atoms with Crippen molar-refractivity contribution in [3.8, 4) is 23.1 Å². The van der Waals surface area contributed by atoms with Crippen molar-refractivity contribution in [2.24, 2.45) is 0 Å². The Balaban J connectivity index is 1.30. The molecule has 1 unspecified atom stereocenters. The van der Waals surface area contributed by atoms with Gasteiger partial charge in [0.05, 0.1) is 23.4 Å². The number of carbonyl (C=O) groups excluding carboxylic acids is 1. The minimum Gasteiger partial charge on any atom is -0.491 e. The summed E-state index contributed by atoms with van der Waals surface area (Å²) in [5, 5.41) is 13.9. The molecule has 1 saturated heterocycles. The number of amides is 1. The van der Waals surface area contributed by atoms with Gasteiger partial charge in [0.25, 0.3) is 0 Å². The molecule has 0 spiro atoms. The molecule has 2 aliphatic carbocycles. The zero-order chi connectivity index (χ0) is 25.4. The third kappa shape index (κ3) is 4.65. The lowest BCUT2D eigenvalue weighted by molar-refractivity contribution is -0.0256. The Bertz CT molecular complexity index is 1340. The number of anilines is 1. The van der Waals surface area contributed by atoms with Crippen LogP contribution in [0.15, 0.2) is 42.5 Å². The highest BCUT2D eigenvalue weighted by Gasteiger charge is 2.36. The fraction of sp³-hybridized carbons (Fsp3) is 0.448. The van der Waals surface area contributed by atoms with Gasteiger partial charge in [-0.2, -0.15) is 5.26 Å². The van der Waals surface area contributed by atoms with Gasteiger partial charge in [0.1, 0.15) is 36.9 Å². The monoisotopic (exact) mass is 501 g/mol. The first-order valence-corrected chi connectivity index (χ1v) is 13.0. The molecule has 1 atom stereocenters. The molecule has 8 nitrogen and oxygen atoms in total. The molecular weight excluding hydrogens is 470 g/mol. The number of carbonyl (C=O) groups is 1. The van der Waals surface area contributed by atoms with E-state index in [1.165, 1.54) is 6.42 Å². The van der Waals surface area contributed by atoms with Crippen molar-refractivity contribution in [1.29, 1.82) is 5.26 Å². The Kier molecular flexibility index (Phi) is 6.27. The predicted octanol–water partition coefficient (Wildman–Crippen LogP) is 6.15. The normalized spacial score (nSPS) is 20.6. The lowest BCUT2D eigenvalue weighted by Crippen LogP contribution is -2.39. The van der Waals surface area contributed by atoms with Gasteiger partial charge in [-0.25, -0.2) is 4.79 Å². The smallest absolute Gasteiger partial charge is 0.412 e. The van der Waals surface area contributed by atoms with E-state index in [1.807, 2.05) is 49.4 Å². The summed E-state index contributed by atoms with van der Waals surface area (Å²) < 4.78 is 24.6. The van der Waals surface area contributed by atoms with Gasteiger partial charge in [-0.15, -0.1) is 0 Å². The minimum absolute atomic E-state index is 0.0691. The summed E-state index contributed by atoms with van der Waals surface area (Å²) in [7, 11) is 0. The molecular formula is C29H31N3O5. The highest BCUT2D eigenvalue weighted by Crippen LogP contribution is 2.43. The molecule has 2 saturated carbocycles. The zero-order valence-electron chi connectivity index (χ0n) is 21.0. The van der Waals surface area contributed by atoms with E-state index in [9.17, 15) is 10.1 Å². The maximum Gasteiger partial charge on any atom is 0.412 e. The molecule has 3 aliphatic rings. The van der Waals surface area contributed by atoms with Crippen LogP contribution in [0.1, 0.15) is 57.1 Å². The highest BCUT2D eigenvalue weighted by atomic mass is 16.7. The molecule has 3 aromatic rings. The summed E-state index contributed by atoms with van der Waals surface area (Å²) in [6, 6.07) is 16.3. The SMILES string of the molecule is CC1(OC(=O)Nc2ccc(-c3c(C#N)c4ccc(OCC5COCO5)cc4n3C3CCC3)cc2)CCC1. The van der Waals surface area contributed by atoms with Crippen LogP contribution in [0.5, 0.6) is 5.75 Å². The number of ether oxygens (including phenoxy) is 4. The van der Waals surface area contributed by atoms with E-state index in [4.69, 9.17) is 18.9 Å². The first-order valence-electron chi connectivity index (χ1n) is 13.0. The summed E-state index contributed by atoms with van der Waals surface area (Å²) in [5.74, 6) is 0.746. The number of nitrogens with one attached hydrogen (secondary N) is 1. The zero-order valence-corrected chi connectivity index (χ0v) is 21.0. The van der Waals surface area contributed by atoms with Crippen molar-refractivity contribution in [2.45, 2.75) is 63.2 Å². The van der Waals surface area contributed by atoms with Crippen molar-refractivity contribution in [3.63, 3.8) is 0 Å². The molecule has 8 heteroatoms. The molecule has 1 aromatic heterocycles. The molecule has 1 amide bonds. The fourth-order valence-electron chi connectivity index (χ4n) is 5.31. The van der Waals surface area contributed by atoms with Crippen molar-refractivity contribution < 1.29 is 23.7 Å². The van der Waals surface area contributed by atoms with Gasteiger partial charge in [-0.05, 0) is 75.3 Å². The number of hydrogen-bond donors (Lipinski definition) is 1. The van der Waals surface area contributed by atoms with E-state index < -0.39 is 6.09 Å². The molecule has 2 heterocycles. The van der Waals surface area contributed by atoms with Crippen molar-refractivity contribution in [2.75, 3.05) is 25.3 Å². The highest BCUT2D eigenvalue weighted by molar-refractivity contribution is 5.96. The van der Waals surface area contributed by atoms with Crippen LogP contribution in [-0.4, -0.2) is 42.4 Å². The molecule has 1 N–H and O–H groups in total. The molecule has 0 bridgehead atoms. The summed E-state index contributed by atoms with van der Waals surface area (Å²) in [4.78, 5) is 12.3. The van der Waals surface area contributed by atoms with E-state index in [2.05, 4.69) is 16.0 Å². The van der Waals surface area contributed by atoms with Crippen LogP contribution in [0.4, 0.5) is 10.5 Å². The summed E-state index contributed by atoms with van der Waals surface area (Å²) in [6.07, 6.45) is 5.71. The topological polar surface area (TPSA) is 94.7 Å². The van der Waals surface area contributed by atoms with Crippen LogP contribution < -0.4 is 10.1 Å². The third-order valence-electron chi connectivity index (χ3n) is 7.81. The standard InChI is InChI=1S/C29H31N3O5/c1-29(12-3-13-29)37-28(33)31-20-8-6-19(7-9-20)27-25(15-30)24-11-10-22(35-17-23-16-34-18-36-23)14-26(24)32(27)21-4-2-5-21/h6-11,14,21,23H,2-5,12-13,16-18H2,1H3,(H,31,33). The molecule has 3 fully saturated rings. The fourth-order valence-corrected chi connectivity index (χ4v) is 5.31. The van der Waals surface area contributed by atoms with Gasteiger partial charge in [-0.3, -0.25) is 5.32 Å². The van der Waals surface area contributed by atoms with Crippen molar-refractivity contribution >= 4 is 22.7 Å². The maximum absolute atomic E-state index is 12.3. The van der Waals surface area contributed by atoms with Gasteiger partial charge in [0.15, 0.2) is 0 Å². The van der Waals surface area contributed by atoms with Crippen molar-refractivity contribution in [3.05, 3.63) is 48.0 Å². The number of fused-ring (bicyclic) bond motifs is 1. The number of benzene rings is 2. The Morgan fingerprint density at radius 1 is 1.19 bits per heavy atom. The van der Waals surface area contributed by atoms with Crippen LogP contribution in [0, 0.1) is 11.3 Å². The molecule has 1 aliphatic heterocycles. The predicted molar refractivity (Wildman–Crippen MR) is 139 cm³/mol. The van der Waals surface area contributed by atoms with Crippen LogP contribution >= 0.6 is 0 Å². The van der Waals surface area contributed by atoms with Crippen LogP contribution in [0.3, 0.4) is 0 Å². The van der Waals surface area contributed by atoms with Gasteiger partial charge >= 0.3 is 6.09 Å². The van der Waals surface area contributed by atoms with E-state index >= 15 is 0 Å². The second-order valence-corrected chi connectivity index (χ2v) is 10.5. The number of hydrogen-bond acceptors (Lipinski definition) is 6. The van der Waals surface area contributed by atoms with E-state index in [1.54, 1.807) is 0 Å². The summed E-state index contributed by atoms with van der Waals surface area (Å²) >= 11 is 0. The first kappa shape index (κ1) is 23.8. The van der Waals surface area contributed by atoms with Crippen LogP contribution in [0.2, 0.25) is 0 Å². The Hall–Kier alpha value is -3.54. The van der Waals surface area contributed by atoms with E-state index in [-0.39, 0.29) is 11.7 Å². The molecule has 2 aromatic carbocycles. The average Bonchev–Trinajstić information content (AvgIpc) is 3.47. The quantitative estimate of drug-likeness (QED) is 0.417. The molecule has 192 valence electrons. The number of nitrogens with zero attached hydrogens (tertiary/aromatic N) is 2. The average molecular weight is 502 g/mol. The van der Waals surface area contributed by atoms with E-state index in [0.29, 0.717) is 37.3 Å². The number of nitriles is 1. The second-order valence-electron chi connectivity index (χ2n) is 10.5. The first-order chi connectivity index (χ1) is 18.0. The van der Waals surface area contributed by atoms with Crippen LogP contribution in [-0.2, 0) is 14.2 Å². The van der Waals surface area contributed by atoms with Gasteiger partial charge in [0.2, 0.25) is 0 Å². The minimum atomic E-state index is -0.432. The van der Waals surface area contributed by atoms with Gasteiger partial charge in [0, 0.05) is 23.2 Å². The largest absolute Gasteiger partial charge is 0.491 e. The summed E-state index contributed by atoms with van der Waals surface area (Å²) in [6.45, 7) is 3.23. The molecule has 37 heavy (non-hydrogen) atoms. The Labute approximate surface area is 216 Å². The van der Waals surface area contributed by atoms with Crippen molar-refractivity contribution in [1.82, 2.24) is 4.57 Å².